The van der Waals surface area contributed by atoms with Crippen LogP contribution in [0.3, 0.4) is 0 Å². The number of nitrogens with zero attached hydrogens (tertiary/aromatic N) is 2. The number of morpholine rings is 1. The molecule has 6 heteroatoms. The lowest BCUT2D eigenvalue weighted by Crippen LogP contribution is -2.44. The van der Waals surface area contributed by atoms with Crippen molar-refractivity contribution in [3.8, 4) is 0 Å². The summed E-state index contributed by atoms with van der Waals surface area (Å²) in [5.74, 6) is 0. The molecule has 132 valence electrons. The molecule has 6 nitrogen and oxygen atoms in total. The Morgan fingerprint density at radius 1 is 1.24 bits per heavy atom. The molecule has 0 bridgehead atoms. The summed E-state index contributed by atoms with van der Waals surface area (Å²) in [5, 5.41) is 21.3. The van der Waals surface area contributed by atoms with Crippen molar-refractivity contribution in [1.82, 2.24) is 4.90 Å². The number of rotatable bonds is 6. The quantitative estimate of drug-likeness (QED) is 0.645. The van der Waals surface area contributed by atoms with Crippen molar-refractivity contribution in [2.75, 3.05) is 26.2 Å². The lowest BCUT2D eigenvalue weighted by atomic mass is 10.1. The van der Waals surface area contributed by atoms with Crippen LogP contribution in [0.2, 0.25) is 0 Å². The predicted octanol–water partition coefficient (Wildman–Crippen LogP) is 2.57. The standard InChI is InChI=1S/C19H22N2O4/c22-19(16-7-4-8-17(12-16)21(23)24)14-20-9-10-25-18(13-20)11-15-5-2-1-3-6-15/h1-8,12,18-19,22H,9-11,13-14H2. The number of nitro benzene ring substituents is 1. The molecule has 0 spiro atoms. The fraction of sp³-hybridized carbons (Fsp3) is 0.368. The van der Waals surface area contributed by atoms with Gasteiger partial charge in [0.2, 0.25) is 0 Å². The maximum Gasteiger partial charge on any atom is 0.269 e. The van der Waals surface area contributed by atoms with Gasteiger partial charge in [0.15, 0.2) is 0 Å². The zero-order valence-corrected chi connectivity index (χ0v) is 14.0. The van der Waals surface area contributed by atoms with Gasteiger partial charge in [0.25, 0.3) is 5.69 Å². The number of hydrogen-bond donors (Lipinski definition) is 1. The highest BCUT2D eigenvalue weighted by molar-refractivity contribution is 5.35. The largest absolute Gasteiger partial charge is 0.387 e. The van der Waals surface area contributed by atoms with Crippen LogP contribution in [0.4, 0.5) is 5.69 Å². The van der Waals surface area contributed by atoms with Gasteiger partial charge in [0.1, 0.15) is 0 Å². The van der Waals surface area contributed by atoms with E-state index in [2.05, 4.69) is 17.0 Å². The number of benzene rings is 2. The summed E-state index contributed by atoms with van der Waals surface area (Å²) < 4.78 is 5.84. The van der Waals surface area contributed by atoms with E-state index >= 15 is 0 Å². The minimum Gasteiger partial charge on any atom is -0.387 e. The van der Waals surface area contributed by atoms with Crippen molar-refractivity contribution >= 4 is 5.69 Å². The van der Waals surface area contributed by atoms with Crippen LogP contribution in [-0.2, 0) is 11.2 Å². The summed E-state index contributed by atoms with van der Waals surface area (Å²) in [7, 11) is 0. The van der Waals surface area contributed by atoms with Gasteiger partial charge < -0.3 is 9.84 Å². The number of aliphatic hydroxyl groups excluding tert-OH is 1. The SMILES string of the molecule is O=[N+]([O-])c1cccc(C(O)CN2CCOC(Cc3ccccc3)C2)c1. The van der Waals surface area contributed by atoms with E-state index in [4.69, 9.17) is 4.74 Å². The molecule has 0 amide bonds. The molecule has 1 N–H and O–H groups in total. The average molecular weight is 342 g/mol. The molecular formula is C19H22N2O4. The van der Waals surface area contributed by atoms with Gasteiger partial charge in [-0.05, 0) is 17.5 Å². The number of β-amino-alcohol motifs (C(OH)–C–C–N with tert-alkyl or cyclic N) is 1. The summed E-state index contributed by atoms with van der Waals surface area (Å²) >= 11 is 0. The second-order valence-electron chi connectivity index (χ2n) is 6.31. The van der Waals surface area contributed by atoms with Gasteiger partial charge in [-0.3, -0.25) is 15.0 Å². The Kier molecular flexibility index (Phi) is 5.75. The van der Waals surface area contributed by atoms with E-state index in [-0.39, 0.29) is 11.8 Å². The number of non-ortho nitro benzene ring substituents is 1. The van der Waals surface area contributed by atoms with Crippen LogP contribution in [-0.4, -0.2) is 47.3 Å². The minimum atomic E-state index is -0.754. The van der Waals surface area contributed by atoms with E-state index in [0.29, 0.717) is 18.7 Å². The van der Waals surface area contributed by atoms with Crippen molar-refractivity contribution in [1.29, 1.82) is 0 Å². The van der Waals surface area contributed by atoms with Gasteiger partial charge in [0.05, 0.1) is 23.7 Å². The third kappa shape index (κ3) is 4.85. The molecule has 1 fully saturated rings. The molecule has 2 atom stereocenters. The normalized spacial score (nSPS) is 19.5. The first kappa shape index (κ1) is 17.5. The van der Waals surface area contributed by atoms with Crippen LogP contribution < -0.4 is 0 Å². The van der Waals surface area contributed by atoms with Gasteiger partial charge in [-0.2, -0.15) is 0 Å². The highest BCUT2D eigenvalue weighted by Gasteiger charge is 2.23. The molecule has 25 heavy (non-hydrogen) atoms. The van der Waals surface area contributed by atoms with E-state index in [1.807, 2.05) is 18.2 Å². The van der Waals surface area contributed by atoms with Crippen LogP contribution in [0.1, 0.15) is 17.2 Å². The van der Waals surface area contributed by atoms with Crippen LogP contribution in [0.15, 0.2) is 54.6 Å². The zero-order valence-electron chi connectivity index (χ0n) is 14.0. The smallest absolute Gasteiger partial charge is 0.269 e. The van der Waals surface area contributed by atoms with Crippen LogP contribution in [0, 0.1) is 10.1 Å². The maximum atomic E-state index is 10.9. The summed E-state index contributed by atoms with van der Waals surface area (Å²) in [6.07, 6.45) is 0.174. The first-order valence-electron chi connectivity index (χ1n) is 8.42. The fourth-order valence-corrected chi connectivity index (χ4v) is 3.14. The van der Waals surface area contributed by atoms with Gasteiger partial charge in [-0.15, -0.1) is 0 Å². The molecule has 1 aliphatic rings. The van der Waals surface area contributed by atoms with Gasteiger partial charge in [-0.25, -0.2) is 0 Å². The molecule has 3 rings (SSSR count). The summed E-state index contributed by atoms with van der Waals surface area (Å²) in [4.78, 5) is 12.6. The molecule has 2 aromatic rings. The van der Waals surface area contributed by atoms with E-state index in [1.54, 1.807) is 12.1 Å². The molecule has 2 aromatic carbocycles. The van der Waals surface area contributed by atoms with Crippen LogP contribution >= 0.6 is 0 Å². The van der Waals surface area contributed by atoms with Crippen molar-refractivity contribution < 1.29 is 14.8 Å². The van der Waals surface area contributed by atoms with Crippen LogP contribution in [0.25, 0.3) is 0 Å². The first-order valence-corrected chi connectivity index (χ1v) is 8.42. The molecule has 1 heterocycles. The van der Waals surface area contributed by atoms with Gasteiger partial charge in [-0.1, -0.05) is 42.5 Å². The molecule has 1 saturated heterocycles. The first-order chi connectivity index (χ1) is 12.1. The Hall–Kier alpha value is -2.28. The fourth-order valence-electron chi connectivity index (χ4n) is 3.14. The molecule has 0 saturated carbocycles. The highest BCUT2D eigenvalue weighted by atomic mass is 16.6. The summed E-state index contributed by atoms with van der Waals surface area (Å²) in [6, 6.07) is 16.4. The summed E-state index contributed by atoms with van der Waals surface area (Å²) in [6.45, 7) is 2.55. The molecule has 0 aromatic heterocycles. The molecule has 0 aliphatic carbocycles. The second kappa shape index (κ2) is 8.20. The third-order valence-electron chi connectivity index (χ3n) is 4.43. The van der Waals surface area contributed by atoms with E-state index in [0.717, 1.165) is 19.5 Å². The molecule has 1 aliphatic heterocycles. The lowest BCUT2D eigenvalue weighted by Gasteiger charge is -2.34. The van der Waals surface area contributed by atoms with E-state index in [9.17, 15) is 15.2 Å². The van der Waals surface area contributed by atoms with Gasteiger partial charge >= 0.3 is 0 Å². The average Bonchev–Trinajstić information content (AvgIpc) is 2.63. The highest BCUT2D eigenvalue weighted by Crippen LogP contribution is 2.21. The number of aliphatic hydroxyl groups is 1. The molecular weight excluding hydrogens is 320 g/mol. The Balaban J connectivity index is 1.58. The Labute approximate surface area is 146 Å². The number of nitro groups is 1. The third-order valence-corrected chi connectivity index (χ3v) is 4.43. The topological polar surface area (TPSA) is 75.8 Å². The molecule has 0 radical (unpaired) electrons. The Morgan fingerprint density at radius 3 is 2.80 bits per heavy atom. The molecule has 2 unspecified atom stereocenters. The lowest BCUT2D eigenvalue weighted by molar-refractivity contribution is -0.385. The number of hydrogen-bond acceptors (Lipinski definition) is 5. The monoisotopic (exact) mass is 342 g/mol. The Bertz CT molecular complexity index is 708. The van der Waals surface area contributed by atoms with Crippen molar-refractivity contribution in [3.05, 3.63) is 75.8 Å². The van der Waals surface area contributed by atoms with Crippen molar-refractivity contribution in [2.24, 2.45) is 0 Å². The van der Waals surface area contributed by atoms with E-state index < -0.39 is 11.0 Å². The second-order valence-corrected chi connectivity index (χ2v) is 6.31. The van der Waals surface area contributed by atoms with Crippen LogP contribution in [0.5, 0.6) is 0 Å². The van der Waals surface area contributed by atoms with E-state index in [1.165, 1.54) is 17.7 Å². The predicted molar refractivity (Wildman–Crippen MR) is 94.4 cm³/mol. The minimum absolute atomic E-state index is 0.000446. The Morgan fingerprint density at radius 2 is 2.04 bits per heavy atom. The van der Waals surface area contributed by atoms with Crippen molar-refractivity contribution in [2.45, 2.75) is 18.6 Å². The number of ether oxygens (including phenoxy) is 1. The zero-order chi connectivity index (χ0) is 17.6. The summed E-state index contributed by atoms with van der Waals surface area (Å²) in [5.41, 5.74) is 1.80. The maximum absolute atomic E-state index is 10.9. The van der Waals surface area contributed by atoms with Crippen molar-refractivity contribution in [3.63, 3.8) is 0 Å². The van der Waals surface area contributed by atoms with Gasteiger partial charge in [0, 0.05) is 31.8 Å².